The van der Waals surface area contributed by atoms with Crippen molar-refractivity contribution in [3.8, 4) is 11.4 Å². The lowest BCUT2D eigenvalue weighted by Gasteiger charge is -2.25. The predicted octanol–water partition coefficient (Wildman–Crippen LogP) is 1.14. The summed E-state index contributed by atoms with van der Waals surface area (Å²) in [7, 11) is 0. The third-order valence-corrected chi connectivity index (χ3v) is 4.00. The minimum absolute atomic E-state index is 0.0686. The maximum atomic E-state index is 11.9. The smallest absolute Gasteiger partial charge is 0.239 e. The highest BCUT2D eigenvalue weighted by atomic mass is 16.2. The van der Waals surface area contributed by atoms with E-state index in [1.165, 1.54) is 0 Å². The van der Waals surface area contributed by atoms with Crippen LogP contribution in [0.2, 0.25) is 0 Å². The second kappa shape index (κ2) is 7.72. The van der Waals surface area contributed by atoms with Gasteiger partial charge in [-0.05, 0) is 12.8 Å². The van der Waals surface area contributed by atoms with Crippen LogP contribution in [0.15, 0.2) is 30.3 Å². The molecule has 7 nitrogen and oxygen atoms in total. The number of H-pyrrole nitrogens is 1. The third-order valence-electron chi connectivity index (χ3n) is 4.00. The first-order chi connectivity index (χ1) is 11.7. The first-order valence-corrected chi connectivity index (χ1v) is 8.23. The maximum Gasteiger partial charge on any atom is 0.239 e. The van der Waals surface area contributed by atoms with E-state index in [0.29, 0.717) is 31.8 Å². The molecule has 2 aromatic rings. The summed E-state index contributed by atoms with van der Waals surface area (Å²) in [5.41, 5.74) is 0.952. The molecule has 0 unspecified atom stereocenters. The molecule has 0 saturated carbocycles. The summed E-state index contributed by atoms with van der Waals surface area (Å²) in [5.74, 6) is 1.31. The molecule has 0 radical (unpaired) electrons. The van der Waals surface area contributed by atoms with E-state index in [-0.39, 0.29) is 18.4 Å². The molecule has 126 valence electrons. The van der Waals surface area contributed by atoms with Gasteiger partial charge in [0.05, 0.1) is 6.54 Å². The molecule has 0 atom stereocenters. The lowest BCUT2D eigenvalue weighted by Crippen LogP contribution is -2.43. The van der Waals surface area contributed by atoms with Gasteiger partial charge in [0, 0.05) is 31.5 Å². The maximum absolute atomic E-state index is 11.9. The second-order valence-electron chi connectivity index (χ2n) is 5.84. The molecule has 3 rings (SSSR count). The van der Waals surface area contributed by atoms with E-state index in [2.05, 4.69) is 20.5 Å². The summed E-state index contributed by atoms with van der Waals surface area (Å²) in [4.78, 5) is 29.7. The predicted molar refractivity (Wildman–Crippen MR) is 89.0 cm³/mol. The molecule has 2 N–H and O–H groups in total. The summed E-state index contributed by atoms with van der Waals surface area (Å²) < 4.78 is 0. The number of nitrogens with one attached hydrogen (secondary N) is 2. The standard InChI is InChI=1S/C17H21N5O2/c23-15(12-22-11-5-4-8-16(22)24)18-10-9-14-19-17(21-20-14)13-6-2-1-3-7-13/h1-3,6-7H,4-5,8-12H2,(H,18,23)(H,19,20,21). The van der Waals surface area contributed by atoms with Crippen LogP contribution in [0.3, 0.4) is 0 Å². The molecule has 1 aliphatic heterocycles. The Kier molecular flexibility index (Phi) is 5.20. The Morgan fingerprint density at radius 3 is 2.88 bits per heavy atom. The number of aromatic nitrogens is 3. The number of carbonyl (C=O) groups is 2. The molecule has 2 heterocycles. The van der Waals surface area contributed by atoms with Crippen LogP contribution in [0, 0.1) is 0 Å². The second-order valence-corrected chi connectivity index (χ2v) is 5.84. The Morgan fingerprint density at radius 2 is 2.08 bits per heavy atom. The van der Waals surface area contributed by atoms with Gasteiger partial charge in [-0.15, -0.1) is 0 Å². The van der Waals surface area contributed by atoms with Gasteiger partial charge in [0.1, 0.15) is 5.82 Å². The van der Waals surface area contributed by atoms with Crippen molar-refractivity contribution in [2.45, 2.75) is 25.7 Å². The Labute approximate surface area is 140 Å². The van der Waals surface area contributed by atoms with Gasteiger partial charge in [-0.3, -0.25) is 14.7 Å². The number of likely N-dealkylation sites (tertiary alicyclic amines) is 1. The zero-order valence-corrected chi connectivity index (χ0v) is 13.5. The zero-order valence-electron chi connectivity index (χ0n) is 13.5. The minimum atomic E-state index is -0.131. The van der Waals surface area contributed by atoms with E-state index in [0.717, 1.165) is 24.2 Å². The normalized spacial score (nSPS) is 14.7. The summed E-state index contributed by atoms with van der Waals surface area (Å²) >= 11 is 0. The molecule has 0 bridgehead atoms. The molecule has 1 aliphatic rings. The van der Waals surface area contributed by atoms with E-state index >= 15 is 0 Å². The molecule has 1 fully saturated rings. The van der Waals surface area contributed by atoms with Crippen LogP contribution in [0.4, 0.5) is 0 Å². The van der Waals surface area contributed by atoms with Crippen molar-refractivity contribution in [3.63, 3.8) is 0 Å². The first-order valence-electron chi connectivity index (χ1n) is 8.23. The highest BCUT2D eigenvalue weighted by Crippen LogP contribution is 2.13. The molecule has 2 amide bonds. The number of hydrogen-bond donors (Lipinski definition) is 2. The topological polar surface area (TPSA) is 91.0 Å². The number of nitrogens with zero attached hydrogens (tertiary/aromatic N) is 3. The number of carbonyl (C=O) groups excluding carboxylic acids is 2. The van der Waals surface area contributed by atoms with Gasteiger partial charge in [-0.2, -0.15) is 5.10 Å². The van der Waals surface area contributed by atoms with Gasteiger partial charge in [-0.1, -0.05) is 30.3 Å². The molecule has 24 heavy (non-hydrogen) atoms. The summed E-state index contributed by atoms with van der Waals surface area (Å²) in [6.45, 7) is 1.28. The van der Waals surface area contributed by atoms with Crippen LogP contribution in [0.25, 0.3) is 11.4 Å². The van der Waals surface area contributed by atoms with Crippen molar-refractivity contribution in [2.24, 2.45) is 0 Å². The third kappa shape index (κ3) is 4.18. The first kappa shape index (κ1) is 16.2. The van der Waals surface area contributed by atoms with Crippen LogP contribution in [0.5, 0.6) is 0 Å². The lowest BCUT2D eigenvalue weighted by molar-refractivity contribution is -0.137. The average molecular weight is 327 g/mol. The van der Waals surface area contributed by atoms with E-state index in [9.17, 15) is 9.59 Å². The number of piperidine rings is 1. The average Bonchev–Trinajstić information content (AvgIpc) is 3.07. The largest absolute Gasteiger partial charge is 0.354 e. The number of benzene rings is 1. The van der Waals surface area contributed by atoms with Crippen LogP contribution in [0.1, 0.15) is 25.1 Å². The zero-order chi connectivity index (χ0) is 16.8. The number of hydrogen-bond acceptors (Lipinski definition) is 4. The monoisotopic (exact) mass is 327 g/mol. The molecule has 1 saturated heterocycles. The highest BCUT2D eigenvalue weighted by Gasteiger charge is 2.20. The molecule has 1 aromatic heterocycles. The van der Waals surface area contributed by atoms with Gasteiger partial charge in [0.15, 0.2) is 5.82 Å². The van der Waals surface area contributed by atoms with E-state index in [1.807, 2.05) is 30.3 Å². The fraction of sp³-hybridized carbons (Fsp3) is 0.412. The quantitative estimate of drug-likeness (QED) is 0.832. The number of amides is 2. The minimum Gasteiger partial charge on any atom is -0.354 e. The summed E-state index contributed by atoms with van der Waals surface area (Å²) in [5, 5.41) is 9.90. The van der Waals surface area contributed by atoms with Gasteiger partial charge in [-0.25, -0.2) is 4.98 Å². The summed E-state index contributed by atoms with van der Waals surface area (Å²) in [6.07, 6.45) is 3.01. The number of rotatable bonds is 6. The van der Waals surface area contributed by atoms with Crippen molar-refractivity contribution in [1.29, 1.82) is 0 Å². The van der Waals surface area contributed by atoms with Crippen molar-refractivity contribution >= 4 is 11.8 Å². The molecule has 1 aromatic carbocycles. The van der Waals surface area contributed by atoms with Crippen LogP contribution in [-0.4, -0.2) is 51.5 Å². The van der Waals surface area contributed by atoms with E-state index < -0.39 is 0 Å². The van der Waals surface area contributed by atoms with Crippen molar-refractivity contribution in [1.82, 2.24) is 25.4 Å². The van der Waals surface area contributed by atoms with Gasteiger partial charge in [0.25, 0.3) is 0 Å². The lowest BCUT2D eigenvalue weighted by atomic mass is 10.1. The Morgan fingerprint density at radius 1 is 1.25 bits per heavy atom. The van der Waals surface area contributed by atoms with Crippen molar-refractivity contribution in [2.75, 3.05) is 19.6 Å². The molecular formula is C17H21N5O2. The Balaban J connectivity index is 1.44. The van der Waals surface area contributed by atoms with Gasteiger partial charge < -0.3 is 10.2 Å². The van der Waals surface area contributed by atoms with Gasteiger partial charge >= 0.3 is 0 Å². The van der Waals surface area contributed by atoms with Crippen molar-refractivity contribution in [3.05, 3.63) is 36.2 Å². The van der Waals surface area contributed by atoms with Gasteiger partial charge in [0.2, 0.25) is 11.8 Å². The fourth-order valence-electron chi connectivity index (χ4n) is 2.70. The molecular weight excluding hydrogens is 306 g/mol. The van der Waals surface area contributed by atoms with E-state index in [4.69, 9.17) is 0 Å². The fourth-order valence-corrected chi connectivity index (χ4v) is 2.70. The Hall–Kier alpha value is -2.70. The van der Waals surface area contributed by atoms with Crippen LogP contribution < -0.4 is 5.32 Å². The van der Waals surface area contributed by atoms with Crippen LogP contribution in [-0.2, 0) is 16.0 Å². The number of aromatic amines is 1. The molecule has 7 heteroatoms. The Bertz CT molecular complexity index is 698. The SMILES string of the molecule is O=C(CN1CCCCC1=O)NCCc1nc(-c2ccccc2)n[nH]1. The van der Waals surface area contributed by atoms with E-state index in [1.54, 1.807) is 4.90 Å². The highest BCUT2D eigenvalue weighted by molar-refractivity contribution is 5.85. The molecule has 0 spiro atoms. The molecule has 0 aliphatic carbocycles. The summed E-state index contributed by atoms with van der Waals surface area (Å²) in [6, 6.07) is 9.72. The van der Waals surface area contributed by atoms with Crippen LogP contribution >= 0.6 is 0 Å². The van der Waals surface area contributed by atoms with Crippen molar-refractivity contribution < 1.29 is 9.59 Å².